The zero-order chi connectivity index (χ0) is 11.3. The Balaban J connectivity index is 2.86. The van der Waals surface area contributed by atoms with Crippen molar-refractivity contribution in [3.63, 3.8) is 0 Å². The van der Waals surface area contributed by atoms with Gasteiger partial charge >= 0.3 is 0 Å². The second-order valence-corrected chi connectivity index (χ2v) is 3.38. The lowest BCUT2D eigenvalue weighted by Gasteiger charge is -2.06. The molecular formula is C11H13ClO3. The monoisotopic (exact) mass is 228 g/mol. The van der Waals surface area contributed by atoms with Gasteiger partial charge in [-0.1, -0.05) is 11.6 Å². The highest BCUT2D eigenvalue weighted by atomic mass is 35.5. The molecule has 0 radical (unpaired) electrons. The van der Waals surface area contributed by atoms with E-state index in [0.29, 0.717) is 22.9 Å². The quantitative estimate of drug-likeness (QED) is 0.787. The minimum Gasteiger partial charge on any atom is -0.492 e. The summed E-state index contributed by atoms with van der Waals surface area (Å²) in [6.45, 7) is 2.24. The number of ether oxygens (including phenoxy) is 1. The predicted octanol–water partition coefficient (Wildman–Crippen LogP) is 2.30. The van der Waals surface area contributed by atoms with Gasteiger partial charge in [0.2, 0.25) is 0 Å². The molecule has 0 saturated carbocycles. The summed E-state index contributed by atoms with van der Waals surface area (Å²) >= 11 is 5.91. The number of rotatable bonds is 5. The average Bonchev–Trinajstić information content (AvgIpc) is 2.21. The summed E-state index contributed by atoms with van der Waals surface area (Å²) in [6, 6.07) is 4.87. The molecule has 4 heteroatoms. The second-order valence-electron chi connectivity index (χ2n) is 2.97. The van der Waals surface area contributed by atoms with E-state index in [0.717, 1.165) is 0 Å². The number of Topliss-reactive ketones (excluding diaryl/α,β-unsaturated/α-hetero) is 1. The fourth-order valence-corrected chi connectivity index (χ4v) is 1.43. The van der Waals surface area contributed by atoms with Gasteiger partial charge in [-0.3, -0.25) is 4.79 Å². The Morgan fingerprint density at radius 3 is 2.80 bits per heavy atom. The van der Waals surface area contributed by atoms with Crippen molar-refractivity contribution in [1.29, 1.82) is 0 Å². The van der Waals surface area contributed by atoms with Crippen LogP contribution in [-0.4, -0.2) is 24.1 Å². The van der Waals surface area contributed by atoms with Crippen LogP contribution in [0.2, 0.25) is 5.02 Å². The largest absolute Gasteiger partial charge is 0.492 e. The normalized spacial score (nSPS) is 10.1. The van der Waals surface area contributed by atoms with E-state index in [1.165, 1.54) is 0 Å². The van der Waals surface area contributed by atoms with Crippen LogP contribution in [0, 0.1) is 0 Å². The van der Waals surface area contributed by atoms with E-state index in [1.54, 1.807) is 18.2 Å². The fraction of sp³-hybridized carbons (Fsp3) is 0.364. The Kier molecular flexibility index (Phi) is 4.59. The molecule has 0 saturated heterocycles. The van der Waals surface area contributed by atoms with Crippen molar-refractivity contribution in [2.75, 3.05) is 13.2 Å². The van der Waals surface area contributed by atoms with Gasteiger partial charge in [-0.15, -0.1) is 0 Å². The fourth-order valence-electron chi connectivity index (χ4n) is 1.19. The number of carbonyl (C=O) groups excluding carboxylic acids is 1. The minimum atomic E-state index is -0.149. The van der Waals surface area contributed by atoms with E-state index in [-0.39, 0.29) is 18.8 Å². The zero-order valence-corrected chi connectivity index (χ0v) is 9.25. The van der Waals surface area contributed by atoms with Crippen LogP contribution in [0.3, 0.4) is 0 Å². The van der Waals surface area contributed by atoms with Crippen LogP contribution in [0.4, 0.5) is 0 Å². The van der Waals surface area contributed by atoms with Crippen molar-refractivity contribution in [3.05, 3.63) is 28.8 Å². The molecule has 0 aliphatic heterocycles. The van der Waals surface area contributed by atoms with Gasteiger partial charge < -0.3 is 9.84 Å². The Morgan fingerprint density at radius 1 is 1.53 bits per heavy atom. The first-order valence-corrected chi connectivity index (χ1v) is 5.13. The number of ketones is 1. The molecule has 0 aromatic heterocycles. The van der Waals surface area contributed by atoms with E-state index in [9.17, 15) is 4.79 Å². The molecule has 0 spiro atoms. The summed E-state index contributed by atoms with van der Waals surface area (Å²) in [4.78, 5) is 11.4. The third-order valence-electron chi connectivity index (χ3n) is 1.89. The SMILES string of the molecule is CCOc1ccc(C(=O)CCO)cc1Cl. The van der Waals surface area contributed by atoms with Gasteiger partial charge in [0.25, 0.3) is 0 Å². The van der Waals surface area contributed by atoms with Crippen LogP contribution in [0.15, 0.2) is 18.2 Å². The number of aliphatic hydroxyl groups is 1. The van der Waals surface area contributed by atoms with Crippen molar-refractivity contribution in [3.8, 4) is 5.75 Å². The smallest absolute Gasteiger partial charge is 0.165 e. The summed E-state index contributed by atoms with van der Waals surface area (Å²) in [5.41, 5.74) is 0.498. The van der Waals surface area contributed by atoms with E-state index in [4.69, 9.17) is 21.4 Å². The summed E-state index contributed by atoms with van der Waals surface area (Å²) in [5.74, 6) is 0.446. The van der Waals surface area contributed by atoms with Gasteiger partial charge in [-0.2, -0.15) is 0 Å². The predicted molar refractivity (Wildman–Crippen MR) is 58.7 cm³/mol. The first kappa shape index (κ1) is 12.0. The number of carbonyl (C=O) groups is 1. The number of halogens is 1. The maximum Gasteiger partial charge on any atom is 0.165 e. The molecule has 3 nitrogen and oxygen atoms in total. The van der Waals surface area contributed by atoms with Crippen molar-refractivity contribution < 1.29 is 14.6 Å². The number of benzene rings is 1. The van der Waals surface area contributed by atoms with E-state index in [1.807, 2.05) is 6.92 Å². The Labute approximate surface area is 93.6 Å². The maximum absolute atomic E-state index is 11.4. The van der Waals surface area contributed by atoms with E-state index in [2.05, 4.69) is 0 Å². The molecule has 0 atom stereocenters. The standard InChI is InChI=1S/C11H13ClO3/c1-2-15-11-4-3-8(7-9(11)12)10(14)5-6-13/h3-4,7,13H,2,5-6H2,1H3. The molecule has 82 valence electrons. The van der Waals surface area contributed by atoms with Crippen molar-refractivity contribution in [2.45, 2.75) is 13.3 Å². The first-order chi connectivity index (χ1) is 7.19. The van der Waals surface area contributed by atoms with Gasteiger partial charge in [0.05, 0.1) is 18.2 Å². The Morgan fingerprint density at radius 2 is 2.27 bits per heavy atom. The van der Waals surface area contributed by atoms with Crippen LogP contribution < -0.4 is 4.74 Å². The molecule has 1 rings (SSSR count). The molecule has 0 fully saturated rings. The van der Waals surface area contributed by atoms with Gasteiger partial charge in [0.15, 0.2) is 5.78 Å². The highest BCUT2D eigenvalue weighted by molar-refractivity contribution is 6.32. The molecule has 0 bridgehead atoms. The molecule has 0 aliphatic carbocycles. The minimum absolute atomic E-state index is 0.115. The maximum atomic E-state index is 11.4. The molecule has 1 aromatic rings. The molecule has 0 heterocycles. The summed E-state index contributed by atoms with van der Waals surface area (Å²) in [5, 5.41) is 9.04. The molecule has 0 amide bonds. The van der Waals surface area contributed by atoms with Crippen molar-refractivity contribution in [2.24, 2.45) is 0 Å². The average molecular weight is 229 g/mol. The summed E-state index contributed by atoms with van der Waals surface area (Å²) in [6.07, 6.45) is 0.115. The van der Waals surface area contributed by atoms with Crippen LogP contribution in [0.5, 0.6) is 5.75 Å². The number of aliphatic hydroxyl groups excluding tert-OH is 1. The second kappa shape index (κ2) is 5.73. The molecule has 1 aromatic carbocycles. The molecule has 15 heavy (non-hydrogen) atoms. The van der Waals surface area contributed by atoms with Gasteiger partial charge in [0, 0.05) is 12.0 Å². The van der Waals surface area contributed by atoms with Crippen LogP contribution in [0.25, 0.3) is 0 Å². The van der Waals surface area contributed by atoms with Gasteiger partial charge in [0.1, 0.15) is 5.75 Å². The first-order valence-electron chi connectivity index (χ1n) is 4.75. The summed E-state index contributed by atoms with van der Waals surface area (Å²) < 4.78 is 5.24. The lowest BCUT2D eigenvalue weighted by Crippen LogP contribution is -2.02. The summed E-state index contributed by atoms with van der Waals surface area (Å²) in [7, 11) is 0. The van der Waals surface area contributed by atoms with Gasteiger partial charge in [-0.05, 0) is 25.1 Å². The van der Waals surface area contributed by atoms with E-state index >= 15 is 0 Å². The Bertz CT molecular complexity index is 350. The molecular weight excluding hydrogens is 216 g/mol. The van der Waals surface area contributed by atoms with E-state index < -0.39 is 0 Å². The number of hydrogen-bond acceptors (Lipinski definition) is 3. The zero-order valence-electron chi connectivity index (χ0n) is 8.50. The van der Waals surface area contributed by atoms with Crippen LogP contribution >= 0.6 is 11.6 Å². The highest BCUT2D eigenvalue weighted by Gasteiger charge is 2.08. The Hall–Kier alpha value is -1.06. The third kappa shape index (κ3) is 3.22. The molecule has 1 N–H and O–H groups in total. The highest BCUT2D eigenvalue weighted by Crippen LogP contribution is 2.25. The topological polar surface area (TPSA) is 46.5 Å². The third-order valence-corrected chi connectivity index (χ3v) is 2.19. The molecule has 0 aliphatic rings. The van der Waals surface area contributed by atoms with Crippen molar-refractivity contribution >= 4 is 17.4 Å². The van der Waals surface area contributed by atoms with Crippen LogP contribution in [-0.2, 0) is 0 Å². The van der Waals surface area contributed by atoms with Crippen molar-refractivity contribution in [1.82, 2.24) is 0 Å². The van der Waals surface area contributed by atoms with Gasteiger partial charge in [-0.25, -0.2) is 0 Å². The lowest BCUT2D eigenvalue weighted by atomic mass is 10.1. The lowest BCUT2D eigenvalue weighted by molar-refractivity contribution is 0.0956. The molecule has 0 unspecified atom stereocenters. The number of hydrogen-bond donors (Lipinski definition) is 1. The van der Waals surface area contributed by atoms with Crippen LogP contribution in [0.1, 0.15) is 23.7 Å².